The number of anilines is 2. The molecule has 7 nitrogen and oxygen atoms in total. The van der Waals surface area contributed by atoms with E-state index in [4.69, 9.17) is 4.74 Å². The monoisotopic (exact) mass is 366 g/mol. The van der Waals surface area contributed by atoms with Gasteiger partial charge in [0.15, 0.2) is 4.34 Å². The van der Waals surface area contributed by atoms with E-state index in [0.29, 0.717) is 33.9 Å². The van der Waals surface area contributed by atoms with Gasteiger partial charge in [0.25, 0.3) is 0 Å². The van der Waals surface area contributed by atoms with Crippen molar-refractivity contribution in [2.24, 2.45) is 0 Å². The minimum Gasteiger partial charge on any atom is -0.492 e. The Balaban J connectivity index is 1.86. The number of amides is 2. The molecule has 2 amide bonds. The molecule has 0 fully saturated rings. The van der Waals surface area contributed by atoms with Crippen molar-refractivity contribution in [2.75, 3.05) is 23.0 Å². The zero-order valence-electron chi connectivity index (χ0n) is 13.4. The molecule has 2 rings (SSSR count). The smallest absolute Gasteiger partial charge is 0.234 e. The van der Waals surface area contributed by atoms with Crippen molar-refractivity contribution in [1.29, 1.82) is 0 Å². The number of para-hydroxylation sites is 2. The maximum atomic E-state index is 12.1. The molecule has 0 spiro atoms. The summed E-state index contributed by atoms with van der Waals surface area (Å²) in [6, 6.07) is 7.28. The van der Waals surface area contributed by atoms with Gasteiger partial charge in [-0.05, 0) is 19.1 Å². The number of ether oxygens (including phenoxy) is 1. The van der Waals surface area contributed by atoms with E-state index in [1.54, 1.807) is 19.1 Å². The third kappa shape index (κ3) is 5.50. The van der Waals surface area contributed by atoms with Crippen molar-refractivity contribution in [1.82, 2.24) is 10.2 Å². The molecule has 128 valence electrons. The number of hydrogen-bond acceptors (Lipinski definition) is 7. The molecule has 0 aliphatic carbocycles. The second-order valence-electron chi connectivity index (χ2n) is 4.54. The summed E-state index contributed by atoms with van der Waals surface area (Å²) >= 11 is 2.50. The molecule has 0 atom stereocenters. The van der Waals surface area contributed by atoms with Gasteiger partial charge in [-0.3, -0.25) is 9.59 Å². The molecule has 1 aromatic carbocycles. The number of aromatic nitrogens is 2. The first-order valence-corrected chi connectivity index (χ1v) is 9.20. The Hall–Kier alpha value is -2.13. The van der Waals surface area contributed by atoms with Gasteiger partial charge in [-0.15, -0.1) is 10.2 Å². The van der Waals surface area contributed by atoms with Crippen molar-refractivity contribution >= 4 is 45.7 Å². The van der Waals surface area contributed by atoms with Crippen LogP contribution < -0.4 is 15.4 Å². The number of benzene rings is 1. The van der Waals surface area contributed by atoms with Crippen molar-refractivity contribution in [2.45, 2.75) is 24.6 Å². The summed E-state index contributed by atoms with van der Waals surface area (Å²) in [6.45, 7) is 4.17. The van der Waals surface area contributed by atoms with Crippen molar-refractivity contribution in [3.05, 3.63) is 24.3 Å². The van der Waals surface area contributed by atoms with E-state index in [9.17, 15) is 9.59 Å². The van der Waals surface area contributed by atoms with Crippen LogP contribution in [0.5, 0.6) is 5.75 Å². The number of carbonyl (C=O) groups is 2. The van der Waals surface area contributed by atoms with Crippen LogP contribution in [0.2, 0.25) is 0 Å². The number of nitrogens with one attached hydrogen (secondary N) is 2. The van der Waals surface area contributed by atoms with Crippen molar-refractivity contribution in [3.8, 4) is 5.75 Å². The molecule has 0 saturated heterocycles. The first-order valence-electron chi connectivity index (χ1n) is 7.40. The minimum absolute atomic E-state index is 0.118. The average molecular weight is 366 g/mol. The first kappa shape index (κ1) is 18.2. The van der Waals surface area contributed by atoms with E-state index in [1.165, 1.54) is 23.1 Å². The first-order chi connectivity index (χ1) is 11.6. The summed E-state index contributed by atoms with van der Waals surface area (Å²) < 4.78 is 6.09. The topological polar surface area (TPSA) is 93.2 Å². The summed E-state index contributed by atoms with van der Waals surface area (Å²) in [5.74, 6) is 0.546. The molecule has 0 aliphatic heterocycles. The predicted molar refractivity (Wildman–Crippen MR) is 95.8 cm³/mol. The largest absolute Gasteiger partial charge is 0.492 e. The Morgan fingerprint density at radius 3 is 2.71 bits per heavy atom. The predicted octanol–water partition coefficient (Wildman–Crippen LogP) is 3.02. The van der Waals surface area contributed by atoms with Gasteiger partial charge in [-0.2, -0.15) is 0 Å². The lowest BCUT2D eigenvalue weighted by Gasteiger charge is -2.10. The summed E-state index contributed by atoms with van der Waals surface area (Å²) in [4.78, 5) is 23.4. The number of nitrogens with zero attached hydrogens (tertiary/aromatic N) is 2. The normalized spacial score (nSPS) is 10.2. The number of rotatable bonds is 8. The van der Waals surface area contributed by atoms with Crippen LogP contribution in [0.4, 0.5) is 10.8 Å². The van der Waals surface area contributed by atoms with E-state index in [0.717, 1.165) is 0 Å². The summed E-state index contributed by atoms with van der Waals surface area (Å²) in [7, 11) is 0. The second-order valence-corrected chi connectivity index (χ2v) is 6.74. The van der Waals surface area contributed by atoms with Crippen LogP contribution in [0.1, 0.15) is 20.3 Å². The molecule has 9 heteroatoms. The number of carbonyl (C=O) groups excluding carboxylic acids is 2. The lowest BCUT2D eigenvalue weighted by atomic mass is 10.3. The van der Waals surface area contributed by atoms with Crippen LogP contribution in [-0.2, 0) is 9.59 Å². The fraction of sp³-hybridized carbons (Fsp3) is 0.333. The van der Waals surface area contributed by atoms with Gasteiger partial charge in [-0.1, -0.05) is 42.2 Å². The van der Waals surface area contributed by atoms with E-state index in [1.807, 2.05) is 19.1 Å². The zero-order valence-corrected chi connectivity index (χ0v) is 15.0. The Kier molecular flexibility index (Phi) is 7.01. The molecule has 0 saturated carbocycles. The van der Waals surface area contributed by atoms with Gasteiger partial charge in [0.05, 0.1) is 18.0 Å². The molecule has 0 unspecified atom stereocenters. The summed E-state index contributed by atoms with van der Waals surface area (Å²) in [5.41, 5.74) is 0.637. The van der Waals surface area contributed by atoms with Crippen LogP contribution >= 0.6 is 23.1 Å². The average Bonchev–Trinajstić information content (AvgIpc) is 3.02. The van der Waals surface area contributed by atoms with Gasteiger partial charge in [-0.25, -0.2) is 0 Å². The molecular formula is C15H18N4O3S2. The highest BCUT2D eigenvalue weighted by Gasteiger charge is 2.11. The maximum absolute atomic E-state index is 12.1. The third-order valence-corrected chi connectivity index (χ3v) is 4.73. The highest BCUT2D eigenvalue weighted by atomic mass is 32.2. The lowest BCUT2D eigenvalue weighted by molar-refractivity contribution is -0.116. The second kappa shape index (κ2) is 9.24. The van der Waals surface area contributed by atoms with Gasteiger partial charge in [0.1, 0.15) is 5.75 Å². The maximum Gasteiger partial charge on any atom is 0.234 e. The molecule has 2 aromatic rings. The van der Waals surface area contributed by atoms with E-state index < -0.39 is 0 Å². The van der Waals surface area contributed by atoms with Gasteiger partial charge < -0.3 is 15.4 Å². The number of thioether (sulfide) groups is 1. The summed E-state index contributed by atoms with van der Waals surface area (Å²) in [6.07, 6.45) is 0.379. The van der Waals surface area contributed by atoms with E-state index in [2.05, 4.69) is 20.8 Å². The molecule has 2 N–H and O–H groups in total. The molecule has 24 heavy (non-hydrogen) atoms. The standard InChI is InChI=1S/C15H18N4O3S2/c1-3-12(20)17-14-18-19-15(24-14)23-9-13(21)16-10-7-5-6-8-11(10)22-4-2/h5-8H,3-4,9H2,1-2H3,(H,16,21)(H,17,18,20). The molecule has 0 aliphatic rings. The van der Waals surface area contributed by atoms with Crippen LogP contribution in [0.25, 0.3) is 0 Å². The SMILES string of the molecule is CCOc1ccccc1NC(=O)CSc1nnc(NC(=O)CC)s1. The number of hydrogen-bond donors (Lipinski definition) is 2. The fourth-order valence-corrected chi connectivity index (χ4v) is 3.26. The highest BCUT2D eigenvalue weighted by Crippen LogP contribution is 2.27. The third-order valence-electron chi connectivity index (χ3n) is 2.76. The van der Waals surface area contributed by atoms with Gasteiger partial charge in [0, 0.05) is 6.42 Å². The Morgan fingerprint density at radius 2 is 1.96 bits per heavy atom. The summed E-state index contributed by atoms with van der Waals surface area (Å²) in [5, 5.41) is 13.7. The van der Waals surface area contributed by atoms with Crippen LogP contribution in [0.15, 0.2) is 28.6 Å². The lowest BCUT2D eigenvalue weighted by Crippen LogP contribution is -2.14. The molecule has 1 aromatic heterocycles. The van der Waals surface area contributed by atoms with Crippen LogP contribution in [0.3, 0.4) is 0 Å². The van der Waals surface area contributed by atoms with Crippen molar-refractivity contribution < 1.29 is 14.3 Å². The van der Waals surface area contributed by atoms with Gasteiger partial charge >= 0.3 is 0 Å². The molecule has 0 radical (unpaired) electrons. The quantitative estimate of drug-likeness (QED) is 0.551. The van der Waals surface area contributed by atoms with Crippen LogP contribution in [0, 0.1) is 0 Å². The van der Waals surface area contributed by atoms with E-state index >= 15 is 0 Å². The molecule has 1 heterocycles. The fourth-order valence-electron chi connectivity index (χ4n) is 1.69. The zero-order chi connectivity index (χ0) is 17.4. The van der Waals surface area contributed by atoms with Crippen LogP contribution in [-0.4, -0.2) is 34.4 Å². The van der Waals surface area contributed by atoms with Crippen molar-refractivity contribution in [3.63, 3.8) is 0 Å². The van der Waals surface area contributed by atoms with Gasteiger partial charge in [0.2, 0.25) is 16.9 Å². The Labute approximate surface area is 148 Å². The van der Waals surface area contributed by atoms with E-state index in [-0.39, 0.29) is 17.6 Å². The Morgan fingerprint density at radius 1 is 1.17 bits per heavy atom. The Bertz CT molecular complexity index is 706. The highest BCUT2D eigenvalue weighted by molar-refractivity contribution is 8.01. The minimum atomic E-state index is -0.165. The molecular weight excluding hydrogens is 348 g/mol. The molecule has 0 bridgehead atoms.